The third kappa shape index (κ3) is 28.8. The van der Waals surface area contributed by atoms with Gasteiger partial charge in [-0.1, -0.05) is 13.2 Å². The average Bonchev–Trinajstić information content (AvgIpc) is 3.91. The molecule has 1 aliphatic rings. The standard InChI is InChI=1S/C9H20O5Si.C8H12O4.C7H18O4Si.C6H10O3/c1-10-15(11-2,12-3)6-4-5-13-7-9-8-14-9;1-6(2)8(10)12-5-4-11-7(3)9;1-8-6-5-7-12(9-2,10-3)11-4;1-5(2)6(8)9-4-3-7/h9H,4-8H2,1-3H3;9H,1,3-5H2,2H3;5-7H2,1-4H3;7H,1,3-4H2,2H3. The third-order valence-corrected chi connectivity index (χ3v) is 11.4. The van der Waals surface area contributed by atoms with Crippen molar-refractivity contribution in [2.24, 2.45) is 0 Å². The highest BCUT2D eigenvalue weighted by Crippen LogP contribution is 2.16. The molecule has 0 amide bonds. The van der Waals surface area contributed by atoms with Crippen molar-refractivity contribution in [2.45, 2.75) is 44.9 Å². The molecule has 1 rings (SSSR count). The minimum Gasteiger partial charge on any atom is -0.481 e. The van der Waals surface area contributed by atoms with Crippen molar-refractivity contribution >= 4 is 29.5 Å². The first-order valence-corrected chi connectivity index (χ1v) is 18.8. The lowest BCUT2D eigenvalue weighted by Gasteiger charge is -2.24. The molecule has 1 unspecified atom stereocenters. The number of epoxide rings is 1. The van der Waals surface area contributed by atoms with Crippen LogP contribution in [0, 0.1) is 0 Å². The Morgan fingerprint density at radius 3 is 1.42 bits per heavy atom. The van der Waals surface area contributed by atoms with Crippen LogP contribution >= 0.6 is 0 Å². The van der Waals surface area contributed by atoms with Gasteiger partial charge in [0, 0.05) is 86.2 Å². The molecule has 0 aromatic rings. The maximum Gasteiger partial charge on any atom is 0.500 e. The van der Waals surface area contributed by atoms with Crippen LogP contribution < -0.4 is 0 Å². The molecule has 2 N–H and O–H groups in total. The van der Waals surface area contributed by atoms with Crippen LogP contribution in [0.1, 0.15) is 26.7 Å². The molecule has 1 aliphatic heterocycles. The Morgan fingerprint density at radius 2 is 1.08 bits per heavy atom. The summed E-state index contributed by atoms with van der Waals surface area (Å²) in [5.74, 6) is -1.31. The molecule has 284 valence electrons. The molecule has 0 aromatic carbocycles. The predicted molar refractivity (Wildman–Crippen MR) is 181 cm³/mol. The summed E-state index contributed by atoms with van der Waals surface area (Å²) in [5, 5.41) is 16.6. The van der Waals surface area contributed by atoms with E-state index in [1.54, 1.807) is 63.6 Å². The normalized spacial score (nSPS) is 13.2. The lowest BCUT2D eigenvalue weighted by Crippen LogP contribution is -2.42. The second kappa shape index (κ2) is 32.0. The number of rotatable bonds is 24. The van der Waals surface area contributed by atoms with Crippen LogP contribution in [0.3, 0.4) is 0 Å². The van der Waals surface area contributed by atoms with Gasteiger partial charge in [0.15, 0.2) is 0 Å². The van der Waals surface area contributed by atoms with Gasteiger partial charge in [-0.3, -0.25) is 0 Å². The fraction of sp³-hybridized carbons (Fsp3) is 0.733. The van der Waals surface area contributed by atoms with Gasteiger partial charge in [0.25, 0.3) is 5.95 Å². The summed E-state index contributed by atoms with van der Waals surface area (Å²) in [6.45, 7) is 15.9. The molecule has 1 atom stereocenters. The zero-order valence-corrected chi connectivity index (χ0v) is 32.3. The van der Waals surface area contributed by atoms with Crippen LogP contribution in [-0.2, 0) is 64.6 Å². The summed E-state index contributed by atoms with van der Waals surface area (Å²) in [6.07, 6.45) is 2.12. The second-order valence-corrected chi connectivity index (χ2v) is 15.8. The van der Waals surface area contributed by atoms with Gasteiger partial charge in [-0.25, -0.2) is 9.59 Å². The van der Waals surface area contributed by atoms with Crippen LogP contribution in [0.25, 0.3) is 0 Å². The van der Waals surface area contributed by atoms with Crippen LogP contribution in [0.5, 0.6) is 0 Å². The Balaban J connectivity index is -0.000000572. The molecule has 16 nitrogen and oxygen atoms in total. The highest BCUT2D eigenvalue weighted by Gasteiger charge is 2.37. The van der Waals surface area contributed by atoms with Crippen LogP contribution in [-0.4, -0.2) is 148 Å². The molecule has 1 saturated heterocycles. The second-order valence-electron chi connectivity index (χ2n) is 9.62. The molecule has 18 heteroatoms. The first-order chi connectivity index (χ1) is 22.7. The predicted octanol–water partition coefficient (Wildman–Crippen LogP) is 2.82. The van der Waals surface area contributed by atoms with Crippen molar-refractivity contribution in [2.75, 3.05) is 103 Å². The molecule has 0 spiro atoms. The lowest BCUT2D eigenvalue weighted by atomic mass is 10.4. The Kier molecular flexibility index (Phi) is 33.5. The number of hydrogen-bond acceptors (Lipinski definition) is 16. The Bertz CT molecular complexity index is 845. The molecule has 0 bridgehead atoms. The van der Waals surface area contributed by atoms with Crippen molar-refractivity contribution in [3.05, 3.63) is 36.8 Å². The summed E-state index contributed by atoms with van der Waals surface area (Å²) in [4.78, 5) is 21.2. The third-order valence-electron chi connectivity index (χ3n) is 5.78. The van der Waals surface area contributed by atoms with Crippen molar-refractivity contribution in [1.82, 2.24) is 0 Å². The van der Waals surface area contributed by atoms with Gasteiger partial charge in [-0.2, -0.15) is 0 Å². The lowest BCUT2D eigenvalue weighted by molar-refractivity contribution is -0.141. The summed E-state index contributed by atoms with van der Waals surface area (Å²) in [6, 6.07) is 1.58. The zero-order chi connectivity index (χ0) is 37.4. The van der Waals surface area contributed by atoms with Crippen molar-refractivity contribution in [1.29, 1.82) is 0 Å². The molecular weight excluding hydrogens is 672 g/mol. The maximum atomic E-state index is 10.7. The van der Waals surface area contributed by atoms with Gasteiger partial charge < -0.3 is 65.2 Å². The fourth-order valence-corrected chi connectivity index (χ4v) is 6.37. The number of aliphatic hydroxyl groups excluding tert-OH is 2. The van der Waals surface area contributed by atoms with Gasteiger partial charge in [-0.05, 0) is 33.3 Å². The van der Waals surface area contributed by atoms with Crippen molar-refractivity contribution < 1.29 is 74.8 Å². The van der Waals surface area contributed by atoms with Crippen molar-refractivity contribution in [3.63, 3.8) is 0 Å². The summed E-state index contributed by atoms with van der Waals surface area (Å²) >= 11 is 0. The number of esters is 2. The molecule has 1 heterocycles. The fourth-order valence-electron chi connectivity index (χ4n) is 2.99. The van der Waals surface area contributed by atoms with E-state index in [2.05, 4.69) is 33.9 Å². The quantitative estimate of drug-likeness (QED) is 0.0368. The molecule has 0 radical (unpaired) electrons. The monoisotopic (exact) mass is 732 g/mol. The molecule has 0 saturated carbocycles. The van der Waals surface area contributed by atoms with E-state index in [4.69, 9.17) is 51.0 Å². The number of carbonyl (C=O) groups is 2. The smallest absolute Gasteiger partial charge is 0.481 e. The van der Waals surface area contributed by atoms with Gasteiger partial charge in [0.1, 0.15) is 25.9 Å². The van der Waals surface area contributed by atoms with E-state index >= 15 is 0 Å². The van der Waals surface area contributed by atoms with Gasteiger partial charge in [0.2, 0.25) is 0 Å². The number of methoxy groups -OCH3 is 1. The van der Waals surface area contributed by atoms with Crippen LogP contribution in [0.2, 0.25) is 12.1 Å². The molecule has 1 fully saturated rings. The van der Waals surface area contributed by atoms with Crippen LogP contribution in [0.15, 0.2) is 36.8 Å². The summed E-state index contributed by atoms with van der Waals surface area (Å²) in [7, 11) is 6.67. The summed E-state index contributed by atoms with van der Waals surface area (Å²) < 4.78 is 60.5. The molecule has 0 aromatic heterocycles. The van der Waals surface area contributed by atoms with E-state index in [9.17, 15) is 9.59 Å². The highest BCUT2D eigenvalue weighted by atomic mass is 28.4. The molecule has 0 aliphatic carbocycles. The minimum absolute atomic E-state index is 0.0473. The van der Waals surface area contributed by atoms with E-state index < -0.39 is 29.5 Å². The Labute approximate surface area is 288 Å². The zero-order valence-electron chi connectivity index (χ0n) is 30.3. The van der Waals surface area contributed by atoms with Gasteiger partial charge in [0.05, 0.1) is 19.8 Å². The number of ether oxygens (including phenoxy) is 6. The maximum absolute atomic E-state index is 10.7. The average molecular weight is 733 g/mol. The minimum atomic E-state index is -2.39. The number of carbonyl (C=O) groups excluding carboxylic acids is 2. The SMILES string of the molecule is C=C(C)C(=O)OCCO.C=C(O)OCCOC(=O)C(=C)C.COCCC[Si](OC)(OC)OC.CO[Si](CCCOCC1CO1)(OC)OC. The van der Waals surface area contributed by atoms with E-state index in [1.807, 2.05) is 0 Å². The van der Waals surface area contributed by atoms with E-state index in [0.29, 0.717) is 37.1 Å². The summed E-state index contributed by atoms with van der Waals surface area (Å²) in [5.41, 5.74) is 0.682. The van der Waals surface area contributed by atoms with Crippen LogP contribution in [0.4, 0.5) is 0 Å². The van der Waals surface area contributed by atoms with Gasteiger partial charge in [-0.15, -0.1) is 0 Å². The topological polar surface area (TPSA) is 189 Å². The van der Waals surface area contributed by atoms with E-state index in [-0.39, 0.29) is 32.4 Å². The first-order valence-electron chi connectivity index (χ1n) is 15.0. The van der Waals surface area contributed by atoms with E-state index in [0.717, 1.165) is 31.5 Å². The largest absolute Gasteiger partial charge is 0.500 e. The van der Waals surface area contributed by atoms with Gasteiger partial charge >= 0.3 is 29.5 Å². The van der Waals surface area contributed by atoms with E-state index in [1.165, 1.54) is 0 Å². The first kappa shape index (κ1) is 50.2. The van der Waals surface area contributed by atoms with Crippen molar-refractivity contribution in [3.8, 4) is 0 Å². The Hall–Kier alpha value is -2.21. The number of aliphatic hydroxyl groups is 2. The highest BCUT2D eigenvalue weighted by molar-refractivity contribution is 6.60. The molecular formula is C30H60O16Si2. The number of hydrogen-bond donors (Lipinski definition) is 2. The molecule has 48 heavy (non-hydrogen) atoms. The Morgan fingerprint density at radius 1 is 0.688 bits per heavy atom.